The van der Waals surface area contributed by atoms with Crippen molar-refractivity contribution in [2.24, 2.45) is 0 Å². The van der Waals surface area contributed by atoms with E-state index in [1.54, 1.807) is 12.2 Å². The van der Waals surface area contributed by atoms with Gasteiger partial charge in [0.15, 0.2) is 9.84 Å². The van der Waals surface area contributed by atoms with E-state index >= 15 is 0 Å². The minimum absolute atomic E-state index is 0.494. The lowest BCUT2D eigenvalue weighted by Crippen LogP contribution is -2.24. The van der Waals surface area contributed by atoms with Crippen LogP contribution in [0.1, 0.15) is 24.0 Å². The van der Waals surface area contributed by atoms with Crippen molar-refractivity contribution in [1.82, 2.24) is 0 Å². The fourth-order valence-electron chi connectivity index (χ4n) is 4.38. The normalized spacial score (nSPS) is 19.5. The molecule has 0 fully saturated rings. The molecule has 0 atom stereocenters. The Kier molecular flexibility index (Phi) is 3.16. The van der Waals surface area contributed by atoms with Gasteiger partial charge in [0.2, 0.25) is 0 Å². The van der Waals surface area contributed by atoms with Gasteiger partial charge in [-0.3, -0.25) is 0 Å². The van der Waals surface area contributed by atoms with Gasteiger partial charge in [0, 0.05) is 5.41 Å². The fraction of sp³-hybridized carbons (Fsp3) is 0.182. The van der Waals surface area contributed by atoms with Crippen molar-refractivity contribution in [3.8, 4) is 0 Å². The average molecular weight is 346 g/mol. The summed E-state index contributed by atoms with van der Waals surface area (Å²) >= 11 is 0. The molecule has 0 unspecified atom stereocenters. The average Bonchev–Trinajstić information content (AvgIpc) is 2.99. The molecule has 2 aliphatic carbocycles. The van der Waals surface area contributed by atoms with Gasteiger partial charge in [0.05, 0.1) is 4.91 Å². The maximum Gasteiger partial charge on any atom is 0.200 e. The molecule has 0 bridgehead atoms. The molecule has 1 aliphatic heterocycles. The number of benzene rings is 2. The van der Waals surface area contributed by atoms with Gasteiger partial charge in [0.1, 0.15) is 0 Å². The van der Waals surface area contributed by atoms with Crippen LogP contribution in [0, 0.1) is 10.4 Å². The van der Waals surface area contributed by atoms with Crippen LogP contribution in [0.5, 0.6) is 0 Å². The quantitative estimate of drug-likeness (QED) is 0.795. The first-order valence-electron chi connectivity index (χ1n) is 8.72. The topological polar surface area (TPSA) is 34.1 Å². The Morgan fingerprint density at radius 3 is 2.52 bits per heavy atom. The fourth-order valence-corrected chi connectivity index (χ4v) is 5.64. The van der Waals surface area contributed by atoms with Crippen molar-refractivity contribution in [2.75, 3.05) is 0 Å². The molecule has 0 aromatic heterocycles. The van der Waals surface area contributed by atoms with Crippen molar-refractivity contribution in [3.63, 3.8) is 0 Å². The van der Waals surface area contributed by atoms with Gasteiger partial charge in [-0.05, 0) is 75.4 Å². The van der Waals surface area contributed by atoms with Crippen LogP contribution in [0.25, 0.3) is 11.6 Å². The smallest absolute Gasteiger partial charge is 0.200 e. The first-order valence-corrected chi connectivity index (χ1v) is 10.3. The Morgan fingerprint density at radius 1 is 0.840 bits per heavy atom. The third-order valence-electron chi connectivity index (χ3n) is 5.50. The van der Waals surface area contributed by atoms with Gasteiger partial charge in [-0.25, -0.2) is 8.42 Å². The summed E-state index contributed by atoms with van der Waals surface area (Å²) in [6, 6.07) is 12.8. The van der Waals surface area contributed by atoms with Gasteiger partial charge in [0.25, 0.3) is 0 Å². The molecule has 3 heteroatoms. The first kappa shape index (κ1) is 14.9. The van der Waals surface area contributed by atoms with E-state index in [0.29, 0.717) is 4.91 Å². The summed E-state index contributed by atoms with van der Waals surface area (Å²) < 4.78 is 24.7. The van der Waals surface area contributed by atoms with Crippen LogP contribution in [0.15, 0.2) is 58.9 Å². The molecule has 0 radical (unpaired) electrons. The summed E-state index contributed by atoms with van der Waals surface area (Å²) in [7, 11) is -3.26. The van der Waals surface area contributed by atoms with Crippen molar-refractivity contribution in [2.45, 2.75) is 25.7 Å². The molecule has 3 aliphatic rings. The number of hydrogen-bond donors (Lipinski definition) is 0. The predicted molar refractivity (Wildman–Crippen MR) is 100 cm³/mol. The molecular formula is C22H18O2S. The standard InChI is InChI=1S/C22H18O2S/c23-25(24)14-4-9-22(25)21-8-3-7-17-19-11-10-15-5-1-2-6-16(15)18(19)12-13-20(17)21/h1-2,4-6,9-10,12-14H,3,7-8,11H2. The second-order valence-corrected chi connectivity index (χ2v) is 8.65. The predicted octanol–water partition coefficient (Wildman–Crippen LogP) is 2.62. The molecule has 0 saturated carbocycles. The summed E-state index contributed by atoms with van der Waals surface area (Å²) in [5.41, 5.74) is 3.71. The lowest BCUT2D eigenvalue weighted by Gasteiger charge is -2.21. The second-order valence-electron chi connectivity index (χ2n) is 6.85. The molecular weight excluding hydrogens is 328 g/mol. The van der Waals surface area contributed by atoms with Gasteiger partial charge in [-0.15, -0.1) is 0 Å². The highest BCUT2D eigenvalue weighted by atomic mass is 32.2. The number of sulfone groups is 1. The van der Waals surface area contributed by atoms with Gasteiger partial charge in [-0.1, -0.05) is 42.5 Å². The largest absolute Gasteiger partial charge is 0.219 e. The number of rotatable bonds is 1. The Balaban J connectivity index is 1.89. The maximum atomic E-state index is 12.3. The van der Waals surface area contributed by atoms with E-state index in [9.17, 15) is 8.42 Å². The van der Waals surface area contributed by atoms with E-state index in [1.807, 2.05) is 0 Å². The Morgan fingerprint density at radius 2 is 1.68 bits per heavy atom. The Bertz CT molecular complexity index is 1290. The minimum atomic E-state index is -3.26. The lowest BCUT2D eigenvalue weighted by molar-refractivity contribution is 0.611. The van der Waals surface area contributed by atoms with E-state index in [2.05, 4.69) is 42.5 Å². The number of allylic oxidation sites excluding steroid dienone is 3. The van der Waals surface area contributed by atoms with E-state index in [0.717, 1.165) is 36.5 Å². The molecule has 0 saturated heterocycles. The molecule has 25 heavy (non-hydrogen) atoms. The second kappa shape index (κ2) is 5.30. The van der Waals surface area contributed by atoms with E-state index < -0.39 is 9.84 Å². The van der Waals surface area contributed by atoms with E-state index in [-0.39, 0.29) is 0 Å². The molecule has 124 valence electrons. The molecule has 2 aromatic carbocycles. The first-order chi connectivity index (χ1) is 12.1. The minimum Gasteiger partial charge on any atom is -0.219 e. The molecule has 5 rings (SSSR count). The molecule has 0 amide bonds. The van der Waals surface area contributed by atoms with E-state index in [1.165, 1.54) is 32.2 Å². The molecule has 2 nitrogen and oxygen atoms in total. The van der Waals surface area contributed by atoms with Crippen LogP contribution >= 0.6 is 0 Å². The van der Waals surface area contributed by atoms with Crippen molar-refractivity contribution in [1.29, 1.82) is 0 Å². The third kappa shape index (κ3) is 2.19. The van der Waals surface area contributed by atoms with E-state index in [4.69, 9.17) is 0 Å². The Labute approximate surface area is 146 Å². The SMILES string of the molecule is O=S1(=O)C=CC=C1C1=c2ccc3c(c2CCC1)CC=c1ccccc1=3. The summed E-state index contributed by atoms with van der Waals surface area (Å²) in [4.78, 5) is 0.494. The molecule has 0 N–H and O–H groups in total. The highest BCUT2D eigenvalue weighted by Gasteiger charge is 2.25. The van der Waals surface area contributed by atoms with Crippen LogP contribution in [0.2, 0.25) is 0 Å². The third-order valence-corrected chi connectivity index (χ3v) is 7.01. The zero-order chi connectivity index (χ0) is 17.0. The number of hydrogen-bond acceptors (Lipinski definition) is 2. The molecule has 2 aromatic rings. The van der Waals surface area contributed by atoms with Crippen LogP contribution < -0.4 is 10.4 Å². The van der Waals surface area contributed by atoms with Crippen LogP contribution in [-0.2, 0) is 22.7 Å². The van der Waals surface area contributed by atoms with Crippen LogP contribution in [0.3, 0.4) is 0 Å². The summed E-state index contributed by atoms with van der Waals surface area (Å²) in [5.74, 6) is 0. The number of fused-ring (bicyclic) bond motifs is 4. The molecule has 0 spiro atoms. The Hall–Kier alpha value is -2.39. The van der Waals surface area contributed by atoms with Gasteiger partial charge >= 0.3 is 0 Å². The maximum absolute atomic E-state index is 12.3. The van der Waals surface area contributed by atoms with Crippen LogP contribution in [-0.4, -0.2) is 8.42 Å². The van der Waals surface area contributed by atoms with Gasteiger partial charge < -0.3 is 0 Å². The van der Waals surface area contributed by atoms with Crippen LogP contribution in [0.4, 0.5) is 0 Å². The van der Waals surface area contributed by atoms with Crippen molar-refractivity contribution >= 4 is 21.5 Å². The zero-order valence-electron chi connectivity index (χ0n) is 13.8. The zero-order valence-corrected chi connectivity index (χ0v) is 14.6. The van der Waals surface area contributed by atoms with Crippen molar-refractivity contribution in [3.05, 3.63) is 90.9 Å². The molecule has 1 heterocycles. The highest BCUT2D eigenvalue weighted by molar-refractivity contribution is 7.98. The highest BCUT2D eigenvalue weighted by Crippen LogP contribution is 2.31. The summed E-state index contributed by atoms with van der Waals surface area (Å²) in [6.45, 7) is 0. The van der Waals surface area contributed by atoms with Gasteiger partial charge in [-0.2, -0.15) is 0 Å². The van der Waals surface area contributed by atoms with Crippen molar-refractivity contribution < 1.29 is 8.42 Å². The summed E-state index contributed by atoms with van der Waals surface area (Å²) in [5, 5.41) is 6.33. The summed E-state index contributed by atoms with van der Waals surface area (Å²) in [6.07, 6.45) is 9.48. The lowest BCUT2D eigenvalue weighted by atomic mass is 9.85. The monoisotopic (exact) mass is 346 g/mol.